The van der Waals surface area contributed by atoms with Crippen LogP contribution >= 0.6 is 0 Å². The smallest absolute Gasteiger partial charge is 0.186 e. The van der Waals surface area contributed by atoms with Crippen molar-refractivity contribution in [2.45, 2.75) is 39.4 Å². The van der Waals surface area contributed by atoms with Gasteiger partial charge in [0.1, 0.15) is 0 Å². The summed E-state index contributed by atoms with van der Waals surface area (Å²) in [6, 6.07) is 9.55. The molecule has 0 aliphatic carbocycles. The Morgan fingerprint density at radius 3 is 1.93 bits per heavy atom. The van der Waals surface area contributed by atoms with Crippen LogP contribution in [-0.4, -0.2) is 13.1 Å². The molecule has 0 spiro atoms. The molecule has 0 atom stereocenters. The van der Waals surface area contributed by atoms with Crippen LogP contribution in [0.4, 0.5) is 0 Å². The molecule has 0 saturated heterocycles. The lowest BCUT2D eigenvalue weighted by molar-refractivity contribution is 0.548. The zero-order valence-corrected chi connectivity index (χ0v) is 11.2. The van der Waals surface area contributed by atoms with Gasteiger partial charge < -0.3 is 4.80 Å². The van der Waals surface area contributed by atoms with E-state index in [1.165, 1.54) is 11.1 Å². The van der Waals surface area contributed by atoms with Gasteiger partial charge in [-0.1, -0.05) is 38.1 Å². The van der Waals surface area contributed by atoms with Gasteiger partial charge in [0.15, 0.2) is 8.32 Å². The monoisotopic (exact) mass is 222 g/mol. The minimum absolute atomic E-state index is 0.708. The Hall–Kier alpha value is -0.603. The van der Waals surface area contributed by atoms with Crippen LogP contribution in [-0.2, 0) is 12.5 Å². The largest absolute Gasteiger partial charge is 0.432 e. The molecule has 1 aromatic carbocycles. The van der Waals surface area contributed by atoms with E-state index < -0.39 is 8.32 Å². The normalized spacial score (nSPS) is 12.1. The van der Waals surface area contributed by atoms with Crippen molar-refractivity contribution in [2.24, 2.45) is 5.92 Å². The third-order valence-corrected chi connectivity index (χ3v) is 3.58. The number of hydrogen-bond donors (Lipinski definition) is 1. The number of hydrogen-bond acceptors (Lipinski definition) is 1. The molecule has 0 fully saturated rings. The molecule has 0 aromatic heterocycles. The van der Waals surface area contributed by atoms with Crippen molar-refractivity contribution in [3.63, 3.8) is 0 Å². The van der Waals surface area contributed by atoms with Crippen molar-refractivity contribution in [3.05, 3.63) is 35.4 Å². The first-order valence-corrected chi connectivity index (χ1v) is 8.82. The van der Waals surface area contributed by atoms with Crippen molar-refractivity contribution < 1.29 is 4.80 Å². The summed E-state index contributed by atoms with van der Waals surface area (Å²) in [6.07, 6.45) is 1.14. The standard InChI is InChI=1S/C13H22OSi/c1-11(2)9-12-5-7-13(8-6-12)10-15(3,4)14/h5-8,11,14H,9-10H2,1-4H3. The van der Waals surface area contributed by atoms with Gasteiger partial charge in [-0.15, -0.1) is 0 Å². The summed E-state index contributed by atoms with van der Waals surface area (Å²) in [7, 11) is -1.95. The van der Waals surface area contributed by atoms with Gasteiger partial charge in [0, 0.05) is 0 Å². The van der Waals surface area contributed by atoms with E-state index in [9.17, 15) is 4.80 Å². The van der Waals surface area contributed by atoms with E-state index >= 15 is 0 Å². The maximum Gasteiger partial charge on any atom is 0.186 e. The molecule has 0 unspecified atom stereocenters. The molecule has 1 nitrogen and oxygen atoms in total. The topological polar surface area (TPSA) is 20.2 Å². The molecule has 0 amide bonds. The lowest BCUT2D eigenvalue weighted by Gasteiger charge is -2.14. The molecule has 1 aromatic rings. The Morgan fingerprint density at radius 2 is 1.53 bits per heavy atom. The maximum absolute atomic E-state index is 9.82. The molecule has 15 heavy (non-hydrogen) atoms. The molecule has 1 N–H and O–H groups in total. The second-order valence-corrected chi connectivity index (χ2v) is 9.38. The minimum Gasteiger partial charge on any atom is -0.432 e. The highest BCUT2D eigenvalue weighted by Gasteiger charge is 2.17. The second-order valence-electron chi connectivity index (χ2n) is 5.40. The van der Waals surface area contributed by atoms with Crippen molar-refractivity contribution in [1.82, 2.24) is 0 Å². The van der Waals surface area contributed by atoms with Crippen LogP contribution in [0.3, 0.4) is 0 Å². The number of rotatable bonds is 4. The molecule has 1 rings (SSSR count). The Balaban J connectivity index is 2.64. The second kappa shape index (κ2) is 4.95. The summed E-state index contributed by atoms with van der Waals surface area (Å²) >= 11 is 0. The highest BCUT2D eigenvalue weighted by atomic mass is 28.4. The first-order valence-electron chi connectivity index (χ1n) is 5.67. The Labute approximate surface area is 94.3 Å². The van der Waals surface area contributed by atoms with Gasteiger partial charge in [0.05, 0.1) is 0 Å². The summed E-state index contributed by atoms with van der Waals surface area (Å²) in [5.41, 5.74) is 2.66. The van der Waals surface area contributed by atoms with Gasteiger partial charge in [-0.05, 0) is 42.6 Å². The van der Waals surface area contributed by atoms with Crippen LogP contribution in [0.15, 0.2) is 24.3 Å². The first kappa shape index (κ1) is 12.5. The molecule has 2 heteroatoms. The van der Waals surface area contributed by atoms with E-state index in [1.807, 2.05) is 13.1 Å². The molecule has 84 valence electrons. The van der Waals surface area contributed by atoms with Gasteiger partial charge in [-0.25, -0.2) is 0 Å². The van der Waals surface area contributed by atoms with Crippen molar-refractivity contribution >= 4 is 8.32 Å². The molecule has 0 aliphatic heterocycles. The zero-order chi connectivity index (χ0) is 11.5. The lowest BCUT2D eigenvalue weighted by atomic mass is 10.0. The highest BCUT2D eigenvalue weighted by molar-refractivity contribution is 6.69. The van der Waals surface area contributed by atoms with Crippen molar-refractivity contribution in [2.75, 3.05) is 0 Å². The van der Waals surface area contributed by atoms with E-state index in [0.29, 0.717) is 5.92 Å². The van der Waals surface area contributed by atoms with Gasteiger partial charge >= 0.3 is 0 Å². The van der Waals surface area contributed by atoms with E-state index in [0.717, 1.165) is 12.5 Å². The van der Waals surface area contributed by atoms with Crippen LogP contribution in [0, 0.1) is 5.92 Å². The Bertz CT molecular complexity index is 295. The summed E-state index contributed by atoms with van der Waals surface area (Å²) in [5.74, 6) is 0.708. The Morgan fingerprint density at radius 1 is 1.07 bits per heavy atom. The summed E-state index contributed by atoms with van der Waals surface area (Å²) < 4.78 is 0. The molecular formula is C13H22OSi. The van der Waals surface area contributed by atoms with E-state index in [4.69, 9.17) is 0 Å². The predicted octanol–water partition coefficient (Wildman–Crippen LogP) is 3.16. The van der Waals surface area contributed by atoms with Crippen molar-refractivity contribution in [1.29, 1.82) is 0 Å². The molecule has 0 aliphatic rings. The van der Waals surface area contributed by atoms with Crippen LogP contribution in [0.1, 0.15) is 25.0 Å². The SMILES string of the molecule is CC(C)Cc1ccc(C[Si](C)(C)O)cc1. The van der Waals surface area contributed by atoms with E-state index in [1.54, 1.807) is 0 Å². The summed E-state index contributed by atoms with van der Waals surface area (Å²) in [5, 5.41) is 0. The van der Waals surface area contributed by atoms with Crippen LogP contribution in [0.25, 0.3) is 0 Å². The third kappa shape index (κ3) is 5.14. The lowest BCUT2D eigenvalue weighted by Crippen LogP contribution is -2.28. The number of benzene rings is 1. The average molecular weight is 222 g/mol. The van der Waals surface area contributed by atoms with Crippen molar-refractivity contribution in [3.8, 4) is 0 Å². The molecule has 0 bridgehead atoms. The minimum atomic E-state index is -1.95. The van der Waals surface area contributed by atoms with Gasteiger partial charge in [0.2, 0.25) is 0 Å². The zero-order valence-electron chi connectivity index (χ0n) is 10.2. The van der Waals surface area contributed by atoms with Crippen LogP contribution < -0.4 is 0 Å². The van der Waals surface area contributed by atoms with E-state index in [2.05, 4.69) is 38.1 Å². The fraction of sp³-hybridized carbons (Fsp3) is 0.538. The van der Waals surface area contributed by atoms with Crippen LogP contribution in [0.5, 0.6) is 0 Å². The van der Waals surface area contributed by atoms with Gasteiger partial charge in [-0.2, -0.15) is 0 Å². The van der Waals surface area contributed by atoms with E-state index in [-0.39, 0.29) is 0 Å². The fourth-order valence-electron chi connectivity index (χ4n) is 1.76. The predicted molar refractivity (Wildman–Crippen MR) is 68.4 cm³/mol. The Kier molecular flexibility index (Phi) is 4.11. The van der Waals surface area contributed by atoms with Gasteiger partial charge in [0.25, 0.3) is 0 Å². The van der Waals surface area contributed by atoms with Gasteiger partial charge in [-0.3, -0.25) is 0 Å². The molecular weight excluding hydrogens is 200 g/mol. The van der Waals surface area contributed by atoms with Crippen LogP contribution in [0.2, 0.25) is 13.1 Å². The summed E-state index contributed by atoms with van der Waals surface area (Å²) in [4.78, 5) is 9.82. The quantitative estimate of drug-likeness (QED) is 0.776. The molecule has 0 heterocycles. The molecule has 0 radical (unpaired) electrons. The maximum atomic E-state index is 9.82. The summed E-state index contributed by atoms with van der Waals surface area (Å²) in [6.45, 7) is 8.43. The third-order valence-electron chi connectivity index (χ3n) is 2.30. The highest BCUT2D eigenvalue weighted by Crippen LogP contribution is 2.13. The first-order chi connectivity index (χ1) is 6.87. The molecule has 0 saturated carbocycles. The average Bonchev–Trinajstić information content (AvgIpc) is 2.05. The fourth-order valence-corrected chi connectivity index (χ4v) is 3.00.